The van der Waals surface area contributed by atoms with Gasteiger partial charge in [0.1, 0.15) is 0 Å². The molecule has 1 aromatic rings. The van der Waals surface area contributed by atoms with Gasteiger partial charge in [0.25, 0.3) is 0 Å². The van der Waals surface area contributed by atoms with Gasteiger partial charge in [0.05, 0.1) is 19.3 Å². The predicted octanol–water partition coefficient (Wildman–Crippen LogP) is 2.14. The number of rotatable bonds is 4. The second kappa shape index (κ2) is 6.32. The van der Waals surface area contributed by atoms with E-state index in [2.05, 4.69) is 30.9 Å². The van der Waals surface area contributed by atoms with Crippen molar-refractivity contribution in [1.29, 1.82) is 0 Å². The standard InChI is InChI=1S/C15H23NO2/c1-3-14-11-18-8-7-16(14)10-15(17)13-6-4-5-12(2)9-13/h4-6,9,14-15,17H,3,7-8,10-11H2,1-2H3. The van der Waals surface area contributed by atoms with Crippen LogP contribution in [0.25, 0.3) is 0 Å². The van der Waals surface area contributed by atoms with E-state index in [1.807, 2.05) is 12.1 Å². The maximum atomic E-state index is 10.3. The van der Waals surface area contributed by atoms with Crippen LogP contribution in [0.15, 0.2) is 24.3 Å². The van der Waals surface area contributed by atoms with E-state index in [0.717, 1.165) is 31.7 Å². The van der Waals surface area contributed by atoms with Gasteiger partial charge < -0.3 is 9.84 Å². The molecule has 0 aromatic heterocycles. The van der Waals surface area contributed by atoms with Crippen molar-refractivity contribution < 1.29 is 9.84 Å². The van der Waals surface area contributed by atoms with Crippen molar-refractivity contribution in [3.05, 3.63) is 35.4 Å². The lowest BCUT2D eigenvalue weighted by Gasteiger charge is -2.36. The number of nitrogens with zero attached hydrogens (tertiary/aromatic N) is 1. The fraction of sp³-hybridized carbons (Fsp3) is 0.600. The van der Waals surface area contributed by atoms with Crippen LogP contribution in [0.3, 0.4) is 0 Å². The first-order valence-corrected chi connectivity index (χ1v) is 6.77. The first-order chi connectivity index (χ1) is 8.70. The third-order valence-corrected chi connectivity index (χ3v) is 3.66. The molecule has 0 bridgehead atoms. The summed E-state index contributed by atoms with van der Waals surface area (Å²) >= 11 is 0. The normalized spacial score (nSPS) is 22.9. The molecule has 3 nitrogen and oxygen atoms in total. The zero-order chi connectivity index (χ0) is 13.0. The van der Waals surface area contributed by atoms with Crippen molar-refractivity contribution in [3.63, 3.8) is 0 Å². The van der Waals surface area contributed by atoms with Gasteiger partial charge in [0.2, 0.25) is 0 Å². The fourth-order valence-electron chi connectivity index (χ4n) is 2.51. The lowest BCUT2D eigenvalue weighted by Crippen LogP contribution is -2.46. The number of aliphatic hydroxyl groups excluding tert-OH is 1. The smallest absolute Gasteiger partial charge is 0.0917 e. The maximum Gasteiger partial charge on any atom is 0.0917 e. The van der Waals surface area contributed by atoms with Gasteiger partial charge in [0, 0.05) is 19.1 Å². The lowest BCUT2D eigenvalue weighted by molar-refractivity contribution is -0.0277. The minimum Gasteiger partial charge on any atom is -0.387 e. The van der Waals surface area contributed by atoms with Crippen LogP contribution < -0.4 is 0 Å². The first kappa shape index (κ1) is 13.5. The topological polar surface area (TPSA) is 32.7 Å². The fourth-order valence-corrected chi connectivity index (χ4v) is 2.51. The Labute approximate surface area is 109 Å². The van der Waals surface area contributed by atoms with Gasteiger partial charge in [-0.05, 0) is 18.9 Å². The second-order valence-electron chi connectivity index (χ2n) is 5.06. The van der Waals surface area contributed by atoms with Gasteiger partial charge in [-0.3, -0.25) is 4.90 Å². The number of morpholine rings is 1. The summed E-state index contributed by atoms with van der Waals surface area (Å²) in [4.78, 5) is 2.34. The van der Waals surface area contributed by atoms with E-state index in [9.17, 15) is 5.11 Å². The molecule has 2 unspecified atom stereocenters. The molecule has 18 heavy (non-hydrogen) atoms. The third kappa shape index (κ3) is 3.31. The zero-order valence-corrected chi connectivity index (χ0v) is 11.3. The van der Waals surface area contributed by atoms with Crippen LogP contribution in [-0.4, -0.2) is 42.4 Å². The van der Waals surface area contributed by atoms with Gasteiger partial charge in [-0.2, -0.15) is 0 Å². The molecule has 2 rings (SSSR count). The molecule has 0 aliphatic carbocycles. The van der Waals surface area contributed by atoms with E-state index < -0.39 is 6.10 Å². The number of benzene rings is 1. The van der Waals surface area contributed by atoms with E-state index >= 15 is 0 Å². The molecule has 0 spiro atoms. The first-order valence-electron chi connectivity index (χ1n) is 6.77. The van der Waals surface area contributed by atoms with E-state index in [1.165, 1.54) is 5.56 Å². The number of β-amino-alcohol motifs (C(OH)–C–C–N with tert-alkyl or cyclic N) is 1. The molecule has 1 N–H and O–H groups in total. The van der Waals surface area contributed by atoms with Gasteiger partial charge >= 0.3 is 0 Å². The molecular weight excluding hydrogens is 226 g/mol. The van der Waals surface area contributed by atoms with Crippen LogP contribution in [0.2, 0.25) is 0 Å². The highest BCUT2D eigenvalue weighted by molar-refractivity contribution is 5.24. The Bertz CT molecular complexity index is 381. The quantitative estimate of drug-likeness (QED) is 0.887. The van der Waals surface area contributed by atoms with Gasteiger partial charge in [-0.15, -0.1) is 0 Å². The highest BCUT2D eigenvalue weighted by Gasteiger charge is 2.23. The Morgan fingerprint density at radius 1 is 1.50 bits per heavy atom. The average Bonchev–Trinajstić information content (AvgIpc) is 2.39. The monoisotopic (exact) mass is 249 g/mol. The van der Waals surface area contributed by atoms with Crippen LogP contribution in [0.5, 0.6) is 0 Å². The molecule has 1 aliphatic heterocycles. The molecule has 2 atom stereocenters. The second-order valence-corrected chi connectivity index (χ2v) is 5.06. The number of hydrogen-bond donors (Lipinski definition) is 1. The van der Waals surface area contributed by atoms with Gasteiger partial charge in [0.15, 0.2) is 0 Å². The Hall–Kier alpha value is -0.900. The van der Waals surface area contributed by atoms with Crippen LogP contribution in [0.1, 0.15) is 30.6 Å². The summed E-state index contributed by atoms with van der Waals surface area (Å²) in [6.45, 7) is 7.41. The lowest BCUT2D eigenvalue weighted by atomic mass is 10.0. The average molecular weight is 249 g/mol. The predicted molar refractivity (Wildman–Crippen MR) is 72.6 cm³/mol. The summed E-state index contributed by atoms with van der Waals surface area (Å²) in [5, 5.41) is 10.3. The van der Waals surface area contributed by atoms with Crippen molar-refractivity contribution in [2.45, 2.75) is 32.4 Å². The highest BCUT2D eigenvalue weighted by Crippen LogP contribution is 2.19. The molecule has 100 valence electrons. The number of aryl methyl sites for hydroxylation is 1. The minimum atomic E-state index is -0.406. The molecule has 1 fully saturated rings. The van der Waals surface area contributed by atoms with E-state index in [-0.39, 0.29) is 0 Å². The summed E-state index contributed by atoms with van der Waals surface area (Å²) in [6.07, 6.45) is 0.664. The Kier molecular flexibility index (Phi) is 4.75. The van der Waals surface area contributed by atoms with E-state index in [1.54, 1.807) is 0 Å². The zero-order valence-electron chi connectivity index (χ0n) is 11.3. The van der Waals surface area contributed by atoms with E-state index in [4.69, 9.17) is 4.74 Å². The van der Waals surface area contributed by atoms with Gasteiger partial charge in [-0.25, -0.2) is 0 Å². The summed E-state index contributed by atoms with van der Waals surface area (Å²) in [5.41, 5.74) is 2.21. The Balaban J connectivity index is 1.99. The van der Waals surface area contributed by atoms with Crippen LogP contribution >= 0.6 is 0 Å². The van der Waals surface area contributed by atoms with Crippen LogP contribution in [0.4, 0.5) is 0 Å². The van der Waals surface area contributed by atoms with Crippen molar-refractivity contribution in [3.8, 4) is 0 Å². The SMILES string of the molecule is CCC1COCCN1CC(O)c1cccc(C)c1. The number of hydrogen-bond acceptors (Lipinski definition) is 3. The molecular formula is C15H23NO2. The highest BCUT2D eigenvalue weighted by atomic mass is 16.5. The number of ether oxygens (including phenoxy) is 1. The molecule has 1 heterocycles. The molecule has 1 aliphatic rings. The van der Waals surface area contributed by atoms with Crippen molar-refractivity contribution in [2.75, 3.05) is 26.3 Å². The molecule has 1 aromatic carbocycles. The molecule has 1 saturated heterocycles. The Morgan fingerprint density at radius 3 is 3.06 bits per heavy atom. The van der Waals surface area contributed by atoms with Gasteiger partial charge in [-0.1, -0.05) is 36.8 Å². The molecule has 3 heteroatoms. The largest absolute Gasteiger partial charge is 0.387 e. The van der Waals surface area contributed by atoms with Crippen molar-refractivity contribution >= 4 is 0 Å². The number of aliphatic hydroxyl groups is 1. The minimum absolute atomic E-state index is 0.406. The molecule has 0 radical (unpaired) electrons. The summed E-state index contributed by atoms with van der Waals surface area (Å²) in [5.74, 6) is 0. The molecule has 0 saturated carbocycles. The van der Waals surface area contributed by atoms with Crippen LogP contribution in [-0.2, 0) is 4.74 Å². The molecule has 0 amide bonds. The maximum absolute atomic E-state index is 10.3. The Morgan fingerprint density at radius 2 is 2.33 bits per heavy atom. The summed E-state index contributed by atoms with van der Waals surface area (Å²) in [7, 11) is 0. The summed E-state index contributed by atoms with van der Waals surface area (Å²) < 4.78 is 5.49. The summed E-state index contributed by atoms with van der Waals surface area (Å²) in [6, 6.07) is 8.56. The van der Waals surface area contributed by atoms with Crippen molar-refractivity contribution in [1.82, 2.24) is 4.90 Å². The van der Waals surface area contributed by atoms with E-state index in [0.29, 0.717) is 12.6 Å². The third-order valence-electron chi connectivity index (χ3n) is 3.66. The van der Waals surface area contributed by atoms with Crippen LogP contribution in [0, 0.1) is 6.92 Å². The van der Waals surface area contributed by atoms with Crippen molar-refractivity contribution in [2.24, 2.45) is 0 Å².